The summed E-state index contributed by atoms with van der Waals surface area (Å²) in [5, 5.41) is 2.65. The molecule has 0 aliphatic carbocycles. The summed E-state index contributed by atoms with van der Waals surface area (Å²) in [6.07, 6.45) is 0.166. The average Bonchev–Trinajstić information content (AvgIpc) is 1.97. The number of halogens is 2. The van der Waals surface area contributed by atoms with Crippen LogP contribution < -0.4 is 11.1 Å². The molecule has 0 bridgehead atoms. The van der Waals surface area contributed by atoms with Gasteiger partial charge in [-0.1, -0.05) is 0 Å². The highest BCUT2D eigenvalue weighted by molar-refractivity contribution is 6.18. The lowest BCUT2D eigenvalue weighted by Crippen LogP contribution is -2.28. The maximum atomic E-state index is 12.3. The molecule has 0 aromatic rings. The summed E-state index contributed by atoms with van der Waals surface area (Å²) in [4.78, 5) is 10.1. The molecule has 65 valence electrons. The molecule has 3 N–H and O–H groups in total. The molecule has 3 nitrogen and oxygen atoms in total. The molecule has 0 aromatic carbocycles. The first-order chi connectivity index (χ1) is 5.16. The van der Waals surface area contributed by atoms with Crippen molar-refractivity contribution in [1.82, 2.24) is 5.32 Å². The van der Waals surface area contributed by atoms with Crippen LogP contribution in [0, 0.1) is 6.42 Å². The quantitative estimate of drug-likeness (QED) is 0.442. The summed E-state index contributed by atoms with van der Waals surface area (Å²) in [6.45, 7) is 0.430. The summed E-state index contributed by atoms with van der Waals surface area (Å²) in [5.41, 5.74) is 4.79. The van der Waals surface area contributed by atoms with Gasteiger partial charge in [-0.3, -0.25) is 4.79 Å². The molecule has 1 atom stereocenters. The summed E-state index contributed by atoms with van der Waals surface area (Å²) in [6, 6.07) is 0. The number of primary amides is 1. The van der Waals surface area contributed by atoms with E-state index in [9.17, 15) is 9.18 Å². The van der Waals surface area contributed by atoms with Crippen LogP contribution in [0.4, 0.5) is 4.39 Å². The second-order valence-corrected chi connectivity index (χ2v) is 2.32. The highest BCUT2D eigenvalue weighted by atomic mass is 35.5. The highest BCUT2D eigenvalue weighted by Gasteiger charge is 2.02. The van der Waals surface area contributed by atoms with Gasteiger partial charge in [0.2, 0.25) is 5.91 Å². The van der Waals surface area contributed by atoms with Crippen molar-refractivity contribution in [2.24, 2.45) is 5.73 Å². The first kappa shape index (κ1) is 10.7. The summed E-state index contributed by atoms with van der Waals surface area (Å²) >= 11 is 5.18. The Morgan fingerprint density at radius 1 is 1.82 bits per heavy atom. The van der Waals surface area contributed by atoms with Crippen LogP contribution >= 0.6 is 11.6 Å². The minimum absolute atomic E-state index is 0.0381. The molecule has 11 heavy (non-hydrogen) atoms. The van der Waals surface area contributed by atoms with Crippen molar-refractivity contribution in [3.8, 4) is 0 Å². The van der Waals surface area contributed by atoms with E-state index < -0.39 is 12.1 Å². The zero-order chi connectivity index (χ0) is 8.69. The van der Waals surface area contributed by atoms with Gasteiger partial charge in [-0.2, -0.15) is 0 Å². The van der Waals surface area contributed by atoms with Crippen LogP contribution in [0.25, 0.3) is 0 Å². The number of amides is 1. The third-order valence-electron chi connectivity index (χ3n) is 0.981. The normalized spacial score (nSPS) is 12.9. The van der Waals surface area contributed by atoms with E-state index in [2.05, 4.69) is 5.32 Å². The predicted octanol–water partition coefficient (Wildman–Crippen LogP) is -0.158. The van der Waals surface area contributed by atoms with Crippen LogP contribution in [-0.4, -0.2) is 31.0 Å². The molecule has 0 aliphatic rings. The Bertz CT molecular complexity index is 123. The third kappa shape index (κ3) is 7.55. The Morgan fingerprint density at radius 3 is 2.91 bits per heavy atom. The number of carbonyl (C=O) groups excluding carboxylic acids is 1. The fraction of sp³-hybridized carbons (Fsp3) is 0.667. The lowest BCUT2D eigenvalue weighted by atomic mass is 10.4. The molecular formula is C6H11ClFN2O. The molecule has 0 heterocycles. The highest BCUT2D eigenvalue weighted by Crippen LogP contribution is 1.90. The van der Waals surface area contributed by atoms with Gasteiger partial charge in [0.05, 0.1) is 12.3 Å². The maximum Gasteiger partial charge on any atom is 0.222 e. The number of hydrogen-bond acceptors (Lipinski definition) is 2. The summed E-state index contributed by atoms with van der Waals surface area (Å²) in [5.74, 6) is -0.553. The number of nitrogens with one attached hydrogen (secondary N) is 1. The fourth-order valence-corrected chi connectivity index (χ4v) is 0.576. The van der Waals surface area contributed by atoms with Crippen LogP contribution in [0.1, 0.15) is 0 Å². The fourth-order valence-electron chi connectivity index (χ4n) is 0.467. The second kappa shape index (κ2) is 6.37. The van der Waals surface area contributed by atoms with E-state index in [1.165, 1.54) is 6.42 Å². The van der Waals surface area contributed by atoms with Crippen LogP contribution in [-0.2, 0) is 4.79 Å². The lowest BCUT2D eigenvalue weighted by molar-refractivity contribution is -0.114. The molecule has 5 heteroatoms. The van der Waals surface area contributed by atoms with Crippen molar-refractivity contribution in [2.75, 3.05) is 19.0 Å². The van der Waals surface area contributed by atoms with Crippen LogP contribution in [0.15, 0.2) is 0 Å². The Labute approximate surface area is 70.1 Å². The van der Waals surface area contributed by atoms with E-state index in [4.69, 9.17) is 17.3 Å². The van der Waals surface area contributed by atoms with Crippen molar-refractivity contribution >= 4 is 17.5 Å². The van der Waals surface area contributed by atoms with Gasteiger partial charge in [0, 0.05) is 13.1 Å². The minimum Gasteiger partial charge on any atom is -0.369 e. The maximum absolute atomic E-state index is 12.3. The second-order valence-electron chi connectivity index (χ2n) is 2.02. The van der Waals surface area contributed by atoms with Gasteiger partial charge in [0.1, 0.15) is 6.17 Å². The van der Waals surface area contributed by atoms with Crippen molar-refractivity contribution in [2.45, 2.75) is 6.17 Å². The molecular weight excluding hydrogens is 171 g/mol. The molecule has 0 spiro atoms. The first-order valence-electron chi connectivity index (χ1n) is 3.20. The zero-order valence-corrected chi connectivity index (χ0v) is 6.77. The summed E-state index contributed by atoms with van der Waals surface area (Å²) in [7, 11) is 0. The Balaban J connectivity index is 3.08. The smallest absolute Gasteiger partial charge is 0.222 e. The van der Waals surface area contributed by atoms with Gasteiger partial charge in [-0.05, 0) is 0 Å². The van der Waals surface area contributed by atoms with Crippen molar-refractivity contribution in [1.29, 1.82) is 0 Å². The van der Waals surface area contributed by atoms with Gasteiger partial charge >= 0.3 is 0 Å². The van der Waals surface area contributed by atoms with E-state index >= 15 is 0 Å². The predicted molar refractivity (Wildman–Crippen MR) is 42.0 cm³/mol. The zero-order valence-electron chi connectivity index (χ0n) is 6.02. The monoisotopic (exact) mass is 181 g/mol. The van der Waals surface area contributed by atoms with Gasteiger partial charge < -0.3 is 11.1 Å². The van der Waals surface area contributed by atoms with E-state index in [0.29, 0.717) is 0 Å². The lowest BCUT2D eigenvalue weighted by Gasteiger charge is -2.04. The number of hydrogen-bond donors (Lipinski definition) is 2. The Morgan fingerprint density at radius 2 is 2.45 bits per heavy atom. The topological polar surface area (TPSA) is 55.1 Å². The van der Waals surface area contributed by atoms with E-state index in [1.54, 1.807) is 0 Å². The van der Waals surface area contributed by atoms with E-state index in [0.717, 1.165) is 0 Å². The SMILES string of the molecule is NC(=O)[CH]CNC[C@@H](F)CCl. The van der Waals surface area contributed by atoms with Crippen LogP contribution in [0.2, 0.25) is 0 Å². The number of rotatable bonds is 6. The first-order valence-corrected chi connectivity index (χ1v) is 3.73. The van der Waals surface area contributed by atoms with E-state index in [-0.39, 0.29) is 19.0 Å². The molecule has 1 radical (unpaired) electrons. The Hall–Kier alpha value is -0.350. The van der Waals surface area contributed by atoms with Gasteiger partial charge in [-0.15, -0.1) is 11.6 Å². The molecule has 0 rings (SSSR count). The van der Waals surface area contributed by atoms with Crippen molar-refractivity contribution in [3.05, 3.63) is 6.42 Å². The molecule has 0 aromatic heterocycles. The van der Waals surface area contributed by atoms with Crippen molar-refractivity contribution < 1.29 is 9.18 Å². The number of alkyl halides is 2. The van der Waals surface area contributed by atoms with Crippen LogP contribution in [0.3, 0.4) is 0 Å². The molecule has 0 saturated carbocycles. The molecule has 1 amide bonds. The summed E-state index contributed by atoms with van der Waals surface area (Å²) < 4.78 is 12.3. The van der Waals surface area contributed by atoms with E-state index in [1.807, 2.05) is 0 Å². The largest absolute Gasteiger partial charge is 0.369 e. The molecule has 0 saturated heterocycles. The molecule has 0 aliphatic heterocycles. The number of nitrogens with two attached hydrogens (primary N) is 1. The Kier molecular flexibility index (Phi) is 6.16. The van der Waals surface area contributed by atoms with Crippen molar-refractivity contribution in [3.63, 3.8) is 0 Å². The van der Waals surface area contributed by atoms with Gasteiger partial charge in [0.25, 0.3) is 0 Å². The standard InChI is InChI=1S/C6H11ClFN2O/c7-3-5(8)4-10-2-1-6(9)11/h1,5,10H,2-4H2,(H2,9,11)/t5-/m0/s1. The molecule has 0 fully saturated rings. The number of carbonyl (C=O) groups is 1. The molecule has 0 unspecified atom stereocenters. The third-order valence-corrected chi connectivity index (χ3v) is 1.32. The van der Waals surface area contributed by atoms with Gasteiger partial charge in [0.15, 0.2) is 0 Å². The minimum atomic E-state index is -1.07. The van der Waals surface area contributed by atoms with Gasteiger partial charge in [-0.25, -0.2) is 4.39 Å². The average molecular weight is 182 g/mol. The van der Waals surface area contributed by atoms with Crippen LogP contribution in [0.5, 0.6) is 0 Å².